The van der Waals surface area contributed by atoms with Crippen molar-refractivity contribution in [3.63, 3.8) is 0 Å². The Bertz CT molecular complexity index is 1110. The highest BCUT2D eigenvalue weighted by molar-refractivity contribution is 5.92. The Morgan fingerprint density at radius 1 is 1.09 bits per heavy atom. The number of aliphatic hydroxyl groups excluding tert-OH is 1. The summed E-state index contributed by atoms with van der Waals surface area (Å²) in [4.78, 5) is 24.6. The van der Waals surface area contributed by atoms with E-state index in [4.69, 9.17) is 23.7 Å². The zero-order valence-corrected chi connectivity index (χ0v) is 19.3. The van der Waals surface area contributed by atoms with Gasteiger partial charge in [0, 0.05) is 30.8 Å². The van der Waals surface area contributed by atoms with Gasteiger partial charge in [-0.2, -0.15) is 0 Å². The molecule has 2 aromatic carbocycles. The lowest BCUT2D eigenvalue weighted by molar-refractivity contribution is -0.142. The number of ether oxygens (including phenoxy) is 5. The Labute approximate surface area is 202 Å². The molecule has 2 amide bonds. The number of carbonyl (C=O) groups excluding carboxylic acids is 2. The van der Waals surface area contributed by atoms with Crippen LogP contribution >= 0.6 is 0 Å². The van der Waals surface area contributed by atoms with Crippen LogP contribution < -0.4 is 24.8 Å². The first-order valence-electron chi connectivity index (χ1n) is 11.5. The molecule has 0 aromatic heterocycles. The molecule has 4 atom stereocenters. The molecule has 0 spiro atoms. The minimum Gasteiger partial charge on any atom is -0.487 e. The van der Waals surface area contributed by atoms with E-state index in [0.717, 1.165) is 11.1 Å². The highest BCUT2D eigenvalue weighted by atomic mass is 16.7. The Kier molecular flexibility index (Phi) is 6.76. The average molecular weight is 485 g/mol. The molecule has 35 heavy (non-hydrogen) atoms. The van der Waals surface area contributed by atoms with Crippen LogP contribution in [-0.2, 0) is 25.6 Å². The molecule has 186 valence electrons. The third kappa shape index (κ3) is 5.04. The van der Waals surface area contributed by atoms with Crippen LogP contribution in [0.4, 0.5) is 5.69 Å². The fourth-order valence-corrected chi connectivity index (χ4v) is 4.83. The predicted molar refractivity (Wildman–Crippen MR) is 123 cm³/mol. The molecule has 1 fully saturated rings. The van der Waals surface area contributed by atoms with Crippen LogP contribution in [-0.4, -0.2) is 62.3 Å². The molecule has 0 radical (unpaired) electrons. The highest BCUT2D eigenvalue weighted by Gasteiger charge is 2.46. The van der Waals surface area contributed by atoms with Gasteiger partial charge >= 0.3 is 0 Å². The number of amides is 2. The molecule has 10 heteroatoms. The standard InChI is InChI=1S/C25H28N2O8/c1-31-12-24(30)27-15-3-5-19-17(7-15)18-8-16(34-22(11-28)25(18)35-19)9-23(29)26-10-14-2-4-20-21(6-14)33-13-32-20/h2-7,16,18,22,25,28H,8-13H2,1H3,(H,26,29)(H,27,30)/t16-,18+,22-,25-/m1/s1. The first-order chi connectivity index (χ1) is 17.0. The van der Waals surface area contributed by atoms with E-state index in [9.17, 15) is 14.7 Å². The minimum absolute atomic E-state index is 0.0382. The van der Waals surface area contributed by atoms with Crippen LogP contribution in [0.15, 0.2) is 36.4 Å². The van der Waals surface area contributed by atoms with Crippen LogP contribution in [0.25, 0.3) is 0 Å². The van der Waals surface area contributed by atoms with Crippen molar-refractivity contribution in [2.24, 2.45) is 0 Å². The summed E-state index contributed by atoms with van der Waals surface area (Å²) in [5.74, 6) is 1.59. The summed E-state index contributed by atoms with van der Waals surface area (Å²) in [6.07, 6.45) is -0.580. The van der Waals surface area contributed by atoms with Crippen molar-refractivity contribution in [2.75, 3.05) is 32.4 Å². The third-order valence-electron chi connectivity index (χ3n) is 6.40. The summed E-state index contributed by atoms with van der Waals surface area (Å²) < 4.78 is 27.7. The number of anilines is 1. The first-order valence-corrected chi connectivity index (χ1v) is 11.5. The zero-order chi connectivity index (χ0) is 24.4. The molecule has 0 bridgehead atoms. The first kappa shape index (κ1) is 23.4. The summed E-state index contributed by atoms with van der Waals surface area (Å²) >= 11 is 0. The van der Waals surface area contributed by atoms with Crippen molar-refractivity contribution in [3.05, 3.63) is 47.5 Å². The Hall–Kier alpha value is -3.34. The molecule has 3 N–H and O–H groups in total. The lowest BCUT2D eigenvalue weighted by Crippen LogP contribution is -2.47. The predicted octanol–water partition coefficient (Wildman–Crippen LogP) is 1.70. The fraction of sp³-hybridized carbons (Fsp3) is 0.440. The summed E-state index contributed by atoms with van der Waals surface area (Å²) in [6.45, 7) is 0.297. The second kappa shape index (κ2) is 10.1. The number of rotatable bonds is 8. The second-order valence-corrected chi connectivity index (χ2v) is 8.81. The van der Waals surface area contributed by atoms with Crippen LogP contribution in [0, 0.1) is 0 Å². The Balaban J connectivity index is 1.22. The average Bonchev–Trinajstić information content (AvgIpc) is 3.46. The maximum Gasteiger partial charge on any atom is 0.250 e. The molecule has 3 heterocycles. The van der Waals surface area contributed by atoms with Crippen LogP contribution in [0.3, 0.4) is 0 Å². The molecule has 3 aliphatic heterocycles. The van der Waals surface area contributed by atoms with E-state index in [-0.39, 0.29) is 56.4 Å². The van der Waals surface area contributed by atoms with E-state index in [1.54, 1.807) is 12.1 Å². The van der Waals surface area contributed by atoms with Gasteiger partial charge in [-0.3, -0.25) is 9.59 Å². The molecule has 1 saturated heterocycles. The Morgan fingerprint density at radius 2 is 1.91 bits per heavy atom. The van der Waals surface area contributed by atoms with E-state index < -0.39 is 6.10 Å². The lowest BCUT2D eigenvalue weighted by Gasteiger charge is -2.37. The van der Waals surface area contributed by atoms with Gasteiger partial charge in [0.2, 0.25) is 18.6 Å². The van der Waals surface area contributed by atoms with E-state index in [0.29, 0.717) is 35.9 Å². The Morgan fingerprint density at radius 3 is 2.74 bits per heavy atom. The van der Waals surface area contributed by atoms with Gasteiger partial charge in [0.15, 0.2) is 11.5 Å². The molecule has 0 unspecified atom stereocenters. The molecule has 0 aliphatic carbocycles. The molecule has 0 saturated carbocycles. The fourth-order valence-electron chi connectivity index (χ4n) is 4.83. The van der Waals surface area contributed by atoms with E-state index in [1.165, 1.54) is 7.11 Å². The largest absolute Gasteiger partial charge is 0.487 e. The van der Waals surface area contributed by atoms with Crippen LogP contribution in [0.1, 0.15) is 29.9 Å². The van der Waals surface area contributed by atoms with E-state index in [1.807, 2.05) is 24.3 Å². The van der Waals surface area contributed by atoms with Gasteiger partial charge in [0.1, 0.15) is 24.6 Å². The third-order valence-corrected chi connectivity index (χ3v) is 6.40. The number of hydrogen-bond acceptors (Lipinski definition) is 8. The number of fused-ring (bicyclic) bond motifs is 4. The molecule has 3 aliphatic rings. The second-order valence-electron chi connectivity index (χ2n) is 8.81. The maximum absolute atomic E-state index is 12.7. The highest BCUT2D eigenvalue weighted by Crippen LogP contribution is 2.47. The van der Waals surface area contributed by atoms with Crippen molar-refractivity contribution in [1.29, 1.82) is 0 Å². The number of hydrogen-bond donors (Lipinski definition) is 3. The molecule has 5 rings (SSSR count). The molecule has 2 aromatic rings. The number of benzene rings is 2. The number of carbonyl (C=O) groups is 2. The van der Waals surface area contributed by atoms with Crippen LogP contribution in [0.2, 0.25) is 0 Å². The monoisotopic (exact) mass is 484 g/mol. The van der Waals surface area contributed by atoms with E-state index >= 15 is 0 Å². The summed E-state index contributed by atoms with van der Waals surface area (Å²) in [5.41, 5.74) is 2.47. The van der Waals surface area contributed by atoms with Gasteiger partial charge in [-0.15, -0.1) is 0 Å². The van der Waals surface area contributed by atoms with Crippen molar-refractivity contribution in [2.45, 2.75) is 43.6 Å². The smallest absolute Gasteiger partial charge is 0.250 e. The zero-order valence-electron chi connectivity index (χ0n) is 19.3. The SMILES string of the molecule is COCC(=O)Nc1ccc2c(c1)[C@@H]1C[C@H](CC(=O)NCc3ccc4c(c3)OCO4)O[C@H](CO)[C@@H]1O2. The summed E-state index contributed by atoms with van der Waals surface area (Å²) in [6, 6.07) is 11.0. The molecular weight excluding hydrogens is 456 g/mol. The molecular formula is C25H28N2O8. The van der Waals surface area contributed by atoms with Crippen molar-refractivity contribution < 1.29 is 38.4 Å². The van der Waals surface area contributed by atoms with Gasteiger partial charge < -0.3 is 39.4 Å². The van der Waals surface area contributed by atoms with Crippen molar-refractivity contribution in [1.82, 2.24) is 5.32 Å². The normalized spacial score (nSPS) is 23.7. The van der Waals surface area contributed by atoms with Crippen molar-refractivity contribution in [3.8, 4) is 17.2 Å². The van der Waals surface area contributed by atoms with Gasteiger partial charge in [-0.1, -0.05) is 6.07 Å². The van der Waals surface area contributed by atoms with Crippen LogP contribution in [0.5, 0.6) is 17.2 Å². The summed E-state index contributed by atoms with van der Waals surface area (Å²) in [7, 11) is 1.46. The quantitative estimate of drug-likeness (QED) is 0.517. The van der Waals surface area contributed by atoms with Gasteiger partial charge in [0.25, 0.3) is 0 Å². The number of nitrogens with one attached hydrogen (secondary N) is 2. The van der Waals surface area contributed by atoms with Crippen molar-refractivity contribution >= 4 is 17.5 Å². The summed E-state index contributed by atoms with van der Waals surface area (Å²) in [5, 5.41) is 15.7. The minimum atomic E-state index is -0.556. The molecule has 10 nitrogen and oxygen atoms in total. The van der Waals surface area contributed by atoms with Gasteiger partial charge in [-0.25, -0.2) is 0 Å². The van der Waals surface area contributed by atoms with Gasteiger partial charge in [0.05, 0.1) is 19.1 Å². The lowest BCUT2D eigenvalue weighted by atomic mass is 9.84. The van der Waals surface area contributed by atoms with E-state index in [2.05, 4.69) is 10.6 Å². The number of methoxy groups -OCH3 is 1. The van der Waals surface area contributed by atoms with Gasteiger partial charge in [-0.05, 0) is 42.3 Å². The maximum atomic E-state index is 12.7. The topological polar surface area (TPSA) is 125 Å². The number of aliphatic hydroxyl groups is 1.